The Morgan fingerprint density at radius 2 is 2.00 bits per heavy atom. The predicted molar refractivity (Wildman–Crippen MR) is 76.6 cm³/mol. The van der Waals surface area contributed by atoms with Crippen molar-refractivity contribution in [3.05, 3.63) is 29.8 Å². The van der Waals surface area contributed by atoms with E-state index in [9.17, 15) is 5.11 Å². The van der Waals surface area contributed by atoms with Gasteiger partial charge in [0.05, 0.1) is 13.7 Å². The molecule has 1 aromatic rings. The van der Waals surface area contributed by atoms with E-state index in [0.29, 0.717) is 0 Å². The molecule has 1 aromatic carbocycles. The van der Waals surface area contributed by atoms with E-state index in [4.69, 9.17) is 4.74 Å². The van der Waals surface area contributed by atoms with Crippen LogP contribution in [0.2, 0.25) is 0 Å². The number of benzene rings is 1. The topological polar surface area (TPSA) is 44.7 Å². The Morgan fingerprint density at radius 1 is 1.32 bits per heavy atom. The van der Waals surface area contributed by atoms with Gasteiger partial charge >= 0.3 is 0 Å². The van der Waals surface area contributed by atoms with Gasteiger partial charge in [-0.15, -0.1) is 0 Å². The zero-order valence-corrected chi connectivity index (χ0v) is 11.9. The van der Waals surface area contributed by atoms with E-state index in [1.165, 1.54) is 0 Å². The number of hydrogen-bond acceptors (Lipinski definition) is 4. The number of aliphatic hydroxyl groups is 1. The third-order valence-electron chi connectivity index (χ3n) is 3.98. The van der Waals surface area contributed by atoms with Crippen molar-refractivity contribution < 1.29 is 9.84 Å². The van der Waals surface area contributed by atoms with Gasteiger partial charge in [0.2, 0.25) is 0 Å². The molecule has 0 aliphatic carbocycles. The summed E-state index contributed by atoms with van der Waals surface area (Å²) in [6, 6.07) is 8.05. The standard InChI is InChI=1S/C15H24N2O2/c1-15(12-18,17-9-7-16-8-10-17)11-13-5-3-4-6-14(13)19-2/h3-6,16,18H,7-12H2,1-2H3. The maximum absolute atomic E-state index is 9.86. The summed E-state index contributed by atoms with van der Waals surface area (Å²) < 4.78 is 5.41. The molecule has 0 radical (unpaired) electrons. The van der Waals surface area contributed by atoms with Gasteiger partial charge in [-0.2, -0.15) is 0 Å². The van der Waals surface area contributed by atoms with Crippen molar-refractivity contribution in [2.45, 2.75) is 18.9 Å². The van der Waals surface area contributed by atoms with Gasteiger partial charge < -0.3 is 15.2 Å². The fraction of sp³-hybridized carbons (Fsp3) is 0.600. The highest BCUT2D eigenvalue weighted by Gasteiger charge is 2.32. The highest BCUT2D eigenvalue weighted by molar-refractivity contribution is 5.34. The summed E-state index contributed by atoms with van der Waals surface area (Å²) >= 11 is 0. The summed E-state index contributed by atoms with van der Waals surface area (Å²) in [5.41, 5.74) is 0.927. The van der Waals surface area contributed by atoms with Gasteiger partial charge in [0.15, 0.2) is 0 Å². The van der Waals surface area contributed by atoms with Crippen molar-refractivity contribution in [3.8, 4) is 5.75 Å². The molecule has 2 N–H and O–H groups in total. The maximum Gasteiger partial charge on any atom is 0.122 e. The van der Waals surface area contributed by atoms with Crippen molar-refractivity contribution >= 4 is 0 Å². The largest absolute Gasteiger partial charge is 0.496 e. The molecule has 1 atom stereocenters. The lowest BCUT2D eigenvalue weighted by molar-refractivity contribution is 0.0337. The Morgan fingerprint density at radius 3 is 2.63 bits per heavy atom. The summed E-state index contributed by atoms with van der Waals surface area (Å²) in [5.74, 6) is 0.900. The lowest BCUT2D eigenvalue weighted by Crippen LogP contribution is -2.57. The second-order valence-corrected chi connectivity index (χ2v) is 5.38. The molecule has 1 aliphatic rings. The molecular formula is C15H24N2O2. The molecular weight excluding hydrogens is 240 g/mol. The number of hydrogen-bond donors (Lipinski definition) is 2. The minimum atomic E-state index is -0.225. The summed E-state index contributed by atoms with van der Waals surface area (Å²) in [6.45, 7) is 6.22. The van der Waals surface area contributed by atoms with Gasteiger partial charge in [-0.05, 0) is 25.0 Å². The van der Waals surface area contributed by atoms with Gasteiger partial charge in [0.1, 0.15) is 5.75 Å². The number of nitrogens with zero attached hydrogens (tertiary/aromatic N) is 1. The summed E-state index contributed by atoms with van der Waals surface area (Å²) in [6.07, 6.45) is 0.799. The Bertz CT molecular complexity index is 405. The van der Waals surface area contributed by atoms with Gasteiger partial charge in [0.25, 0.3) is 0 Å². The average molecular weight is 264 g/mol. The molecule has 19 heavy (non-hydrogen) atoms. The van der Waals surface area contributed by atoms with Crippen LogP contribution < -0.4 is 10.1 Å². The fourth-order valence-electron chi connectivity index (χ4n) is 2.73. The Kier molecular flexibility index (Phi) is 4.80. The molecule has 1 heterocycles. The molecule has 0 aromatic heterocycles. The summed E-state index contributed by atoms with van der Waals surface area (Å²) in [4.78, 5) is 2.37. The van der Waals surface area contributed by atoms with E-state index in [1.807, 2.05) is 18.2 Å². The van der Waals surface area contributed by atoms with Crippen LogP contribution in [0.1, 0.15) is 12.5 Å². The van der Waals surface area contributed by atoms with E-state index in [2.05, 4.69) is 23.2 Å². The fourth-order valence-corrected chi connectivity index (χ4v) is 2.73. The minimum absolute atomic E-state index is 0.158. The number of aliphatic hydroxyl groups excluding tert-OH is 1. The molecule has 1 aliphatic heterocycles. The number of nitrogens with one attached hydrogen (secondary N) is 1. The zero-order chi connectivity index (χ0) is 13.7. The van der Waals surface area contributed by atoms with Crippen molar-refractivity contribution in [2.24, 2.45) is 0 Å². The van der Waals surface area contributed by atoms with E-state index < -0.39 is 0 Å². The second kappa shape index (κ2) is 6.37. The number of ether oxygens (including phenoxy) is 1. The second-order valence-electron chi connectivity index (χ2n) is 5.38. The van der Waals surface area contributed by atoms with E-state index >= 15 is 0 Å². The van der Waals surface area contributed by atoms with Crippen molar-refractivity contribution in [1.82, 2.24) is 10.2 Å². The highest BCUT2D eigenvalue weighted by atomic mass is 16.5. The Balaban J connectivity index is 2.16. The molecule has 4 heteroatoms. The molecule has 2 rings (SSSR count). The van der Waals surface area contributed by atoms with Gasteiger partial charge in [-0.25, -0.2) is 0 Å². The Hall–Kier alpha value is -1.10. The molecule has 1 fully saturated rings. The molecule has 0 bridgehead atoms. The van der Waals surface area contributed by atoms with Crippen molar-refractivity contribution in [3.63, 3.8) is 0 Å². The lowest BCUT2D eigenvalue weighted by Gasteiger charge is -2.42. The van der Waals surface area contributed by atoms with E-state index in [-0.39, 0.29) is 12.1 Å². The SMILES string of the molecule is COc1ccccc1CC(C)(CO)N1CCNCC1. The van der Waals surface area contributed by atoms with Gasteiger partial charge in [-0.3, -0.25) is 4.90 Å². The molecule has 4 nitrogen and oxygen atoms in total. The lowest BCUT2D eigenvalue weighted by atomic mass is 9.90. The monoisotopic (exact) mass is 264 g/mol. The quantitative estimate of drug-likeness (QED) is 0.829. The summed E-state index contributed by atoms with van der Waals surface area (Å²) in [5, 5.41) is 13.2. The van der Waals surface area contributed by atoms with Gasteiger partial charge in [-0.1, -0.05) is 18.2 Å². The maximum atomic E-state index is 9.86. The first-order chi connectivity index (χ1) is 9.19. The van der Waals surface area contributed by atoms with Crippen LogP contribution in [0.3, 0.4) is 0 Å². The van der Waals surface area contributed by atoms with Crippen LogP contribution in [0.25, 0.3) is 0 Å². The third-order valence-corrected chi connectivity index (χ3v) is 3.98. The smallest absolute Gasteiger partial charge is 0.122 e. The van der Waals surface area contributed by atoms with E-state index in [0.717, 1.165) is 43.9 Å². The van der Waals surface area contributed by atoms with Crippen LogP contribution in [-0.2, 0) is 6.42 Å². The van der Waals surface area contributed by atoms with E-state index in [1.54, 1.807) is 7.11 Å². The first-order valence-corrected chi connectivity index (χ1v) is 6.88. The predicted octanol–water partition coefficient (Wildman–Crippen LogP) is 0.894. The summed E-state index contributed by atoms with van der Waals surface area (Å²) in [7, 11) is 1.69. The van der Waals surface area contributed by atoms with Gasteiger partial charge in [0, 0.05) is 31.7 Å². The first-order valence-electron chi connectivity index (χ1n) is 6.88. The molecule has 0 amide bonds. The molecule has 1 unspecified atom stereocenters. The molecule has 106 valence electrons. The van der Waals surface area contributed by atoms with Crippen LogP contribution >= 0.6 is 0 Å². The Labute approximate surface area is 115 Å². The number of para-hydroxylation sites is 1. The normalized spacial score (nSPS) is 19.9. The first kappa shape index (κ1) is 14.3. The third kappa shape index (κ3) is 3.26. The van der Waals surface area contributed by atoms with Crippen LogP contribution in [-0.4, -0.2) is 55.4 Å². The average Bonchev–Trinajstić information content (AvgIpc) is 2.48. The number of piperazine rings is 1. The molecule has 1 saturated heterocycles. The minimum Gasteiger partial charge on any atom is -0.496 e. The zero-order valence-electron chi connectivity index (χ0n) is 11.9. The van der Waals surface area contributed by atoms with Crippen molar-refractivity contribution in [2.75, 3.05) is 39.9 Å². The number of rotatable bonds is 5. The van der Waals surface area contributed by atoms with Crippen LogP contribution in [0.15, 0.2) is 24.3 Å². The highest BCUT2D eigenvalue weighted by Crippen LogP contribution is 2.26. The van der Waals surface area contributed by atoms with Crippen LogP contribution in [0, 0.1) is 0 Å². The molecule has 0 spiro atoms. The molecule has 0 saturated carbocycles. The van der Waals surface area contributed by atoms with Crippen LogP contribution in [0.5, 0.6) is 5.75 Å². The van der Waals surface area contributed by atoms with Crippen molar-refractivity contribution in [1.29, 1.82) is 0 Å². The number of methoxy groups -OCH3 is 1. The van der Waals surface area contributed by atoms with Crippen LogP contribution in [0.4, 0.5) is 0 Å².